The quantitative estimate of drug-likeness (QED) is 0.535. The summed E-state index contributed by atoms with van der Waals surface area (Å²) in [6.07, 6.45) is 3.49. The average Bonchev–Trinajstić information content (AvgIpc) is 1.89. The molecule has 0 saturated carbocycles. The molecule has 1 radical (unpaired) electrons. The van der Waals surface area contributed by atoms with Crippen LogP contribution in [0.4, 0.5) is 0 Å². The molecule has 0 atom stereocenters. The van der Waals surface area contributed by atoms with Gasteiger partial charge in [0, 0.05) is 6.54 Å². The second-order valence-corrected chi connectivity index (χ2v) is 2.16. The van der Waals surface area contributed by atoms with Crippen molar-refractivity contribution in [2.75, 3.05) is 19.6 Å². The van der Waals surface area contributed by atoms with Crippen LogP contribution in [0, 0.1) is 0 Å². The zero-order valence-electron chi connectivity index (χ0n) is 6.24. The number of unbranched alkanes of at least 4 members (excludes halogenated alkanes) is 2. The molecule has 0 rings (SSSR count). The lowest BCUT2D eigenvalue weighted by Crippen LogP contribution is -2.13. The van der Waals surface area contributed by atoms with Crippen molar-refractivity contribution in [2.45, 2.75) is 26.2 Å². The third-order valence-electron chi connectivity index (χ3n) is 1.28. The molecule has 0 saturated heterocycles. The minimum absolute atomic E-state index is 0.589. The van der Waals surface area contributed by atoms with Gasteiger partial charge in [0.25, 0.3) is 0 Å². The summed E-state index contributed by atoms with van der Waals surface area (Å²) in [4.78, 5) is 0. The fraction of sp³-hybridized carbons (Fsp3) is 1.00. The number of nitrogens with one attached hydrogen (secondary N) is 2. The Morgan fingerprint density at radius 3 is 2.56 bits per heavy atom. The maximum atomic E-state index is 6.86. The molecule has 2 heteroatoms. The van der Waals surface area contributed by atoms with Gasteiger partial charge in [-0.05, 0) is 25.9 Å². The predicted molar refractivity (Wildman–Crippen MR) is 40.4 cm³/mol. The number of rotatable bonds is 6. The van der Waals surface area contributed by atoms with E-state index in [1.165, 1.54) is 12.8 Å². The fourth-order valence-electron chi connectivity index (χ4n) is 0.729. The van der Waals surface area contributed by atoms with E-state index in [-0.39, 0.29) is 0 Å². The molecule has 0 aromatic heterocycles. The lowest BCUT2D eigenvalue weighted by atomic mass is 10.2. The van der Waals surface area contributed by atoms with Gasteiger partial charge in [-0.3, -0.25) is 5.73 Å². The van der Waals surface area contributed by atoms with E-state index in [2.05, 4.69) is 12.2 Å². The first-order chi connectivity index (χ1) is 4.41. The van der Waals surface area contributed by atoms with E-state index in [1.54, 1.807) is 0 Å². The van der Waals surface area contributed by atoms with Gasteiger partial charge in [-0.15, -0.1) is 0 Å². The lowest BCUT2D eigenvalue weighted by molar-refractivity contribution is 0.618. The second kappa shape index (κ2) is 7.92. The Morgan fingerprint density at radius 1 is 1.22 bits per heavy atom. The van der Waals surface area contributed by atoms with Crippen molar-refractivity contribution in [3.8, 4) is 0 Å². The Labute approximate surface area is 57.8 Å². The van der Waals surface area contributed by atoms with Crippen molar-refractivity contribution in [1.82, 2.24) is 11.1 Å². The highest BCUT2D eigenvalue weighted by Gasteiger charge is 1.84. The molecule has 0 aliphatic rings. The third kappa shape index (κ3) is 7.92. The van der Waals surface area contributed by atoms with Crippen LogP contribution in [0.3, 0.4) is 0 Å². The van der Waals surface area contributed by atoms with Crippen LogP contribution in [0.5, 0.6) is 0 Å². The Morgan fingerprint density at radius 2 is 2.00 bits per heavy atom. The van der Waals surface area contributed by atoms with Gasteiger partial charge in [0.2, 0.25) is 0 Å². The highest BCUT2D eigenvalue weighted by atomic mass is 14.8. The zero-order chi connectivity index (χ0) is 6.95. The van der Waals surface area contributed by atoms with Crippen molar-refractivity contribution in [3.05, 3.63) is 0 Å². The van der Waals surface area contributed by atoms with Gasteiger partial charge in [0.1, 0.15) is 0 Å². The minimum atomic E-state index is 0.589. The summed E-state index contributed by atoms with van der Waals surface area (Å²) in [6, 6.07) is 0. The van der Waals surface area contributed by atoms with Gasteiger partial charge in [-0.1, -0.05) is 13.3 Å². The van der Waals surface area contributed by atoms with E-state index in [4.69, 9.17) is 5.73 Å². The fourth-order valence-corrected chi connectivity index (χ4v) is 0.729. The summed E-state index contributed by atoms with van der Waals surface area (Å²) in [5, 5.41) is 3.25. The van der Waals surface area contributed by atoms with E-state index in [0.29, 0.717) is 6.54 Å². The molecule has 2 N–H and O–H groups in total. The molecule has 0 aromatic carbocycles. The molecular weight excluding hydrogens is 112 g/mol. The van der Waals surface area contributed by atoms with Crippen LogP contribution in [0.15, 0.2) is 0 Å². The summed E-state index contributed by atoms with van der Waals surface area (Å²) in [6.45, 7) is 4.90. The molecule has 0 heterocycles. The van der Waals surface area contributed by atoms with Crippen molar-refractivity contribution in [3.63, 3.8) is 0 Å². The molecule has 0 aliphatic heterocycles. The first-order valence-electron chi connectivity index (χ1n) is 3.77. The SMILES string of the molecule is CCNCCCCC[NH]. The predicted octanol–water partition coefficient (Wildman–Crippen LogP) is 1.05. The standard InChI is InChI=1S/C7H17N2/c1-2-9-7-5-3-4-6-8/h8-9H,2-7H2,1H3. The second-order valence-electron chi connectivity index (χ2n) is 2.16. The lowest BCUT2D eigenvalue weighted by Gasteiger charge is -1.98. The maximum Gasteiger partial charge on any atom is 0.00997 e. The highest BCUT2D eigenvalue weighted by Crippen LogP contribution is 1.90. The molecule has 0 amide bonds. The Kier molecular flexibility index (Phi) is 7.85. The molecule has 55 valence electrons. The van der Waals surface area contributed by atoms with Crippen LogP contribution < -0.4 is 11.1 Å². The molecule has 0 bridgehead atoms. The van der Waals surface area contributed by atoms with Crippen LogP contribution in [-0.4, -0.2) is 19.6 Å². The molecule has 0 fully saturated rings. The average molecular weight is 129 g/mol. The van der Waals surface area contributed by atoms with Crippen molar-refractivity contribution < 1.29 is 0 Å². The van der Waals surface area contributed by atoms with Gasteiger partial charge in [-0.25, -0.2) is 0 Å². The molecule has 0 aromatic rings. The van der Waals surface area contributed by atoms with E-state index in [9.17, 15) is 0 Å². The summed E-state index contributed by atoms with van der Waals surface area (Å²) in [5.74, 6) is 0. The summed E-state index contributed by atoms with van der Waals surface area (Å²) in [7, 11) is 0. The summed E-state index contributed by atoms with van der Waals surface area (Å²) in [5.41, 5.74) is 6.86. The molecule has 2 nitrogen and oxygen atoms in total. The first kappa shape index (κ1) is 8.92. The van der Waals surface area contributed by atoms with Crippen molar-refractivity contribution in [1.29, 1.82) is 0 Å². The van der Waals surface area contributed by atoms with Gasteiger partial charge < -0.3 is 5.32 Å². The smallest absolute Gasteiger partial charge is 0.00997 e. The summed E-state index contributed by atoms with van der Waals surface area (Å²) < 4.78 is 0. The van der Waals surface area contributed by atoms with Gasteiger partial charge >= 0.3 is 0 Å². The first-order valence-corrected chi connectivity index (χ1v) is 3.77. The van der Waals surface area contributed by atoms with Crippen molar-refractivity contribution in [2.24, 2.45) is 0 Å². The largest absolute Gasteiger partial charge is 0.317 e. The molecule has 0 unspecified atom stereocenters. The zero-order valence-corrected chi connectivity index (χ0v) is 6.24. The molecular formula is C7H17N2. The van der Waals surface area contributed by atoms with Gasteiger partial charge in [0.15, 0.2) is 0 Å². The monoisotopic (exact) mass is 129 g/mol. The molecule has 9 heavy (non-hydrogen) atoms. The number of hydrogen-bond donors (Lipinski definition) is 1. The van der Waals surface area contributed by atoms with E-state index in [1.807, 2.05) is 0 Å². The third-order valence-corrected chi connectivity index (χ3v) is 1.28. The van der Waals surface area contributed by atoms with Crippen molar-refractivity contribution >= 4 is 0 Å². The molecule has 0 aliphatic carbocycles. The summed E-state index contributed by atoms with van der Waals surface area (Å²) >= 11 is 0. The van der Waals surface area contributed by atoms with Crippen LogP contribution in [0.2, 0.25) is 0 Å². The Bertz CT molecular complexity index is 40.2. The van der Waals surface area contributed by atoms with Crippen LogP contribution in [0.1, 0.15) is 26.2 Å². The van der Waals surface area contributed by atoms with E-state index in [0.717, 1.165) is 19.5 Å². The highest BCUT2D eigenvalue weighted by molar-refractivity contribution is 4.45. The number of hydrogen-bond acceptors (Lipinski definition) is 1. The topological polar surface area (TPSA) is 35.8 Å². The van der Waals surface area contributed by atoms with Gasteiger partial charge in [0.05, 0.1) is 0 Å². The van der Waals surface area contributed by atoms with E-state index < -0.39 is 0 Å². The van der Waals surface area contributed by atoms with Crippen LogP contribution >= 0.6 is 0 Å². The maximum absolute atomic E-state index is 6.86. The van der Waals surface area contributed by atoms with Gasteiger partial charge in [-0.2, -0.15) is 0 Å². The van der Waals surface area contributed by atoms with Crippen LogP contribution in [-0.2, 0) is 0 Å². The van der Waals surface area contributed by atoms with E-state index >= 15 is 0 Å². The Hall–Kier alpha value is -0.0800. The Balaban J connectivity index is 2.60. The normalized spacial score (nSPS) is 10.0. The minimum Gasteiger partial charge on any atom is -0.317 e. The van der Waals surface area contributed by atoms with Crippen LogP contribution in [0.25, 0.3) is 0 Å². The molecule has 0 spiro atoms.